The molecule has 1 unspecified atom stereocenters. The molecule has 0 fully saturated rings. The average Bonchev–Trinajstić information content (AvgIpc) is 2.96. The van der Waals surface area contributed by atoms with Crippen molar-refractivity contribution in [1.82, 2.24) is 0 Å². The van der Waals surface area contributed by atoms with Gasteiger partial charge >= 0.3 is 0 Å². The van der Waals surface area contributed by atoms with Crippen molar-refractivity contribution in [2.75, 3.05) is 6.61 Å². The fourth-order valence-corrected chi connectivity index (χ4v) is 4.01. The van der Waals surface area contributed by atoms with Crippen molar-refractivity contribution >= 4 is 31.9 Å². The molecule has 0 aromatic heterocycles. The highest BCUT2D eigenvalue weighted by Gasteiger charge is 2.17. The fourth-order valence-electron chi connectivity index (χ4n) is 2.83. The van der Waals surface area contributed by atoms with E-state index in [1.54, 1.807) is 0 Å². The quantitative estimate of drug-likeness (QED) is 0.563. The minimum absolute atomic E-state index is 0.430. The molecular weight excluding hydrogens is 392 g/mol. The summed E-state index contributed by atoms with van der Waals surface area (Å²) in [4.78, 5) is 0.430. The van der Waals surface area contributed by atoms with Crippen molar-refractivity contribution in [3.05, 3.63) is 63.6 Å². The average molecular weight is 410 g/mol. The third-order valence-corrected chi connectivity index (χ3v) is 5.33. The minimum atomic E-state index is 0.430. The van der Waals surface area contributed by atoms with E-state index < -0.39 is 0 Å². The molecule has 2 aromatic carbocycles. The smallest absolute Gasteiger partial charge is 0.125 e. The Morgan fingerprint density at radius 1 is 1.14 bits per heavy atom. The summed E-state index contributed by atoms with van der Waals surface area (Å²) in [7, 11) is 0. The van der Waals surface area contributed by atoms with Gasteiger partial charge in [-0.3, -0.25) is 0 Å². The van der Waals surface area contributed by atoms with Gasteiger partial charge < -0.3 is 4.74 Å². The second-order valence-electron chi connectivity index (χ2n) is 5.42. The van der Waals surface area contributed by atoms with E-state index in [1.165, 1.54) is 21.2 Å². The van der Waals surface area contributed by atoms with Crippen molar-refractivity contribution in [3.8, 4) is 5.75 Å². The highest BCUT2D eigenvalue weighted by atomic mass is 79.9. The molecule has 1 nitrogen and oxygen atoms in total. The van der Waals surface area contributed by atoms with Crippen LogP contribution in [0.1, 0.15) is 34.4 Å². The van der Waals surface area contributed by atoms with Gasteiger partial charge in [0.1, 0.15) is 5.75 Å². The predicted molar refractivity (Wildman–Crippen MR) is 94.4 cm³/mol. The summed E-state index contributed by atoms with van der Waals surface area (Å²) >= 11 is 7.40. The normalized spacial score (nSPS) is 14.6. The van der Waals surface area contributed by atoms with Gasteiger partial charge in [-0.2, -0.15) is 0 Å². The van der Waals surface area contributed by atoms with E-state index in [1.807, 2.05) is 0 Å². The molecule has 0 amide bonds. The molecule has 1 aliphatic heterocycles. The largest absolute Gasteiger partial charge is 0.493 e. The van der Waals surface area contributed by atoms with E-state index in [2.05, 4.69) is 74.3 Å². The molecule has 0 saturated heterocycles. The Balaban J connectivity index is 1.61. The number of aryl methyl sites for hydroxylation is 1. The summed E-state index contributed by atoms with van der Waals surface area (Å²) in [6, 6.07) is 15.0. The highest BCUT2D eigenvalue weighted by Crippen LogP contribution is 2.35. The summed E-state index contributed by atoms with van der Waals surface area (Å²) in [5.74, 6) is 1.13. The van der Waals surface area contributed by atoms with Crippen molar-refractivity contribution in [2.45, 2.75) is 30.5 Å². The Kier molecular flexibility index (Phi) is 5.02. The van der Waals surface area contributed by atoms with Gasteiger partial charge in [-0.05, 0) is 48.1 Å². The van der Waals surface area contributed by atoms with Crippen LogP contribution in [-0.4, -0.2) is 6.61 Å². The van der Waals surface area contributed by atoms with Crippen LogP contribution in [0.5, 0.6) is 5.75 Å². The second-order valence-corrected chi connectivity index (χ2v) is 7.44. The van der Waals surface area contributed by atoms with Gasteiger partial charge in [0.25, 0.3) is 0 Å². The van der Waals surface area contributed by atoms with E-state index in [0.29, 0.717) is 4.83 Å². The summed E-state index contributed by atoms with van der Waals surface area (Å²) in [5.41, 5.74) is 4.04. The van der Waals surface area contributed by atoms with Crippen LogP contribution in [0.2, 0.25) is 0 Å². The predicted octanol–water partition coefficient (Wildman–Crippen LogP) is 5.84. The third kappa shape index (κ3) is 3.70. The zero-order valence-corrected chi connectivity index (χ0v) is 15.0. The molecular formula is C18H18Br2O. The van der Waals surface area contributed by atoms with Gasteiger partial charge in [0.15, 0.2) is 0 Å². The van der Waals surface area contributed by atoms with Crippen molar-refractivity contribution in [3.63, 3.8) is 0 Å². The van der Waals surface area contributed by atoms with Crippen molar-refractivity contribution < 1.29 is 4.74 Å². The maximum atomic E-state index is 5.79. The Labute approximate surface area is 143 Å². The molecule has 21 heavy (non-hydrogen) atoms. The molecule has 2 aromatic rings. The standard InChI is InChI=1S/C18H18Br2O/c19-16-11-14(18-15(12-16)9-10-21-18)7-4-8-17(20)13-5-2-1-3-6-13/h1-3,5-6,11-12,17H,4,7-10H2. The molecule has 1 aliphatic rings. The van der Waals surface area contributed by atoms with Crippen LogP contribution in [0.4, 0.5) is 0 Å². The molecule has 0 N–H and O–H groups in total. The number of hydrogen-bond donors (Lipinski definition) is 0. The maximum absolute atomic E-state index is 5.79. The Hall–Kier alpha value is -0.800. The molecule has 3 heteroatoms. The molecule has 0 aliphatic carbocycles. The van der Waals surface area contributed by atoms with Gasteiger partial charge in [0.2, 0.25) is 0 Å². The zero-order chi connectivity index (χ0) is 14.7. The first-order valence-electron chi connectivity index (χ1n) is 7.37. The van der Waals surface area contributed by atoms with Crippen LogP contribution in [0.15, 0.2) is 46.9 Å². The zero-order valence-electron chi connectivity index (χ0n) is 11.8. The molecule has 0 bridgehead atoms. The Morgan fingerprint density at radius 2 is 1.95 bits per heavy atom. The first-order chi connectivity index (χ1) is 10.2. The van der Waals surface area contributed by atoms with Gasteiger partial charge in [0.05, 0.1) is 6.61 Å². The molecule has 1 atom stereocenters. The fraction of sp³-hybridized carbons (Fsp3) is 0.333. The van der Waals surface area contributed by atoms with Gasteiger partial charge in [-0.15, -0.1) is 0 Å². The molecule has 1 heterocycles. The van der Waals surface area contributed by atoms with Crippen LogP contribution >= 0.6 is 31.9 Å². The molecule has 110 valence electrons. The lowest BCUT2D eigenvalue weighted by Crippen LogP contribution is -1.95. The number of ether oxygens (including phenoxy) is 1. The van der Waals surface area contributed by atoms with Crippen LogP contribution in [0, 0.1) is 0 Å². The number of fused-ring (bicyclic) bond motifs is 1. The first-order valence-corrected chi connectivity index (χ1v) is 9.08. The van der Waals surface area contributed by atoms with Crippen LogP contribution in [0.3, 0.4) is 0 Å². The van der Waals surface area contributed by atoms with Gasteiger partial charge in [0, 0.05) is 15.7 Å². The summed E-state index contributed by atoms with van der Waals surface area (Å²) in [6.45, 7) is 0.823. The number of alkyl halides is 1. The molecule has 0 saturated carbocycles. The molecule has 0 radical (unpaired) electrons. The SMILES string of the molecule is Brc1cc(CCCC(Br)c2ccccc2)c2c(c1)CCO2. The van der Waals surface area contributed by atoms with Crippen LogP contribution < -0.4 is 4.74 Å². The number of rotatable bonds is 5. The van der Waals surface area contributed by atoms with Crippen molar-refractivity contribution in [2.24, 2.45) is 0 Å². The first kappa shape index (κ1) is 15.1. The Bertz CT molecular complexity index is 610. The van der Waals surface area contributed by atoms with E-state index >= 15 is 0 Å². The van der Waals surface area contributed by atoms with E-state index in [-0.39, 0.29) is 0 Å². The lowest BCUT2D eigenvalue weighted by molar-refractivity contribution is 0.353. The molecule has 3 rings (SSSR count). The lowest BCUT2D eigenvalue weighted by Gasteiger charge is -2.12. The van der Waals surface area contributed by atoms with Crippen LogP contribution in [-0.2, 0) is 12.8 Å². The summed E-state index contributed by atoms with van der Waals surface area (Å²) < 4.78 is 6.96. The third-order valence-electron chi connectivity index (χ3n) is 3.89. The van der Waals surface area contributed by atoms with Gasteiger partial charge in [-0.1, -0.05) is 62.2 Å². The van der Waals surface area contributed by atoms with E-state index in [0.717, 1.165) is 38.0 Å². The van der Waals surface area contributed by atoms with Gasteiger partial charge in [-0.25, -0.2) is 0 Å². The van der Waals surface area contributed by atoms with Crippen LogP contribution in [0.25, 0.3) is 0 Å². The monoisotopic (exact) mass is 408 g/mol. The summed E-state index contributed by atoms with van der Waals surface area (Å²) in [5, 5.41) is 0. The van der Waals surface area contributed by atoms with E-state index in [4.69, 9.17) is 4.74 Å². The highest BCUT2D eigenvalue weighted by molar-refractivity contribution is 9.10. The Morgan fingerprint density at radius 3 is 2.76 bits per heavy atom. The molecule has 0 spiro atoms. The number of hydrogen-bond acceptors (Lipinski definition) is 1. The number of benzene rings is 2. The van der Waals surface area contributed by atoms with Crippen molar-refractivity contribution in [1.29, 1.82) is 0 Å². The minimum Gasteiger partial charge on any atom is -0.493 e. The van der Waals surface area contributed by atoms with E-state index in [9.17, 15) is 0 Å². The lowest BCUT2D eigenvalue weighted by atomic mass is 10.0. The summed E-state index contributed by atoms with van der Waals surface area (Å²) in [6.07, 6.45) is 4.38. The number of halogens is 2. The topological polar surface area (TPSA) is 9.23 Å². The second kappa shape index (κ2) is 6.97. The maximum Gasteiger partial charge on any atom is 0.125 e.